The molecular weight excluding hydrogens is 256 g/mol. The van der Waals surface area contributed by atoms with Gasteiger partial charge in [0, 0.05) is 11.1 Å². The molecule has 0 atom stereocenters. The van der Waals surface area contributed by atoms with Crippen LogP contribution in [0.4, 0.5) is 0 Å². The molecule has 20 heavy (non-hydrogen) atoms. The molecule has 0 radical (unpaired) electrons. The van der Waals surface area contributed by atoms with E-state index in [2.05, 4.69) is 20.1 Å². The Balaban J connectivity index is 0. The first-order chi connectivity index (χ1) is 9.40. The van der Waals surface area contributed by atoms with Crippen molar-refractivity contribution in [2.45, 2.75) is 59.3 Å². The van der Waals surface area contributed by atoms with Crippen LogP contribution in [0.2, 0.25) is 0 Å². The lowest BCUT2D eigenvalue weighted by molar-refractivity contribution is -0.139. The first-order valence-corrected chi connectivity index (χ1v) is 7.16. The number of carboxylic acid groups (broad SMARTS) is 1. The van der Waals surface area contributed by atoms with Gasteiger partial charge < -0.3 is 9.84 Å². The van der Waals surface area contributed by atoms with Gasteiger partial charge in [-0.05, 0) is 19.3 Å². The van der Waals surface area contributed by atoms with Crippen molar-refractivity contribution in [2.24, 2.45) is 0 Å². The molecule has 0 aromatic carbocycles. The van der Waals surface area contributed by atoms with E-state index in [0.29, 0.717) is 25.0 Å². The lowest BCUT2D eigenvalue weighted by Gasteiger charge is -2.04. The highest BCUT2D eigenvalue weighted by Crippen LogP contribution is 2.03. The van der Waals surface area contributed by atoms with Crippen molar-refractivity contribution < 1.29 is 19.4 Å². The van der Waals surface area contributed by atoms with E-state index in [9.17, 15) is 9.59 Å². The van der Waals surface area contributed by atoms with Gasteiger partial charge in [0.1, 0.15) is 0 Å². The number of rotatable bonds is 9. The summed E-state index contributed by atoms with van der Waals surface area (Å²) in [5.74, 6) is -1.14. The summed E-state index contributed by atoms with van der Waals surface area (Å²) < 4.78 is 5.00. The predicted octanol–water partition coefficient (Wildman–Crippen LogP) is 4.11. The van der Waals surface area contributed by atoms with E-state index in [1.165, 1.54) is 12.8 Å². The molecule has 0 fully saturated rings. The van der Waals surface area contributed by atoms with Crippen molar-refractivity contribution in [2.75, 3.05) is 6.61 Å². The van der Waals surface area contributed by atoms with E-state index in [1.807, 2.05) is 6.92 Å². The maximum Gasteiger partial charge on any atom is 0.333 e. The fourth-order valence-corrected chi connectivity index (χ4v) is 1.09. The Labute approximate surface area is 122 Å². The van der Waals surface area contributed by atoms with E-state index in [-0.39, 0.29) is 11.5 Å². The third-order valence-corrected chi connectivity index (χ3v) is 2.68. The molecule has 0 aliphatic heterocycles. The average molecular weight is 284 g/mol. The zero-order chi connectivity index (χ0) is 16.0. The van der Waals surface area contributed by atoms with Crippen molar-refractivity contribution in [1.82, 2.24) is 0 Å². The Kier molecular flexibility index (Phi) is 14.3. The molecule has 1 N–H and O–H groups in total. The third-order valence-electron chi connectivity index (χ3n) is 2.68. The topological polar surface area (TPSA) is 63.6 Å². The summed E-state index contributed by atoms with van der Waals surface area (Å²) >= 11 is 0. The largest absolute Gasteiger partial charge is 0.478 e. The van der Waals surface area contributed by atoms with Gasteiger partial charge in [0.15, 0.2) is 0 Å². The molecule has 0 aromatic heterocycles. The molecule has 0 saturated carbocycles. The fraction of sp³-hybridized carbons (Fsp3) is 0.625. The Hall–Kier alpha value is -1.58. The molecule has 0 unspecified atom stereocenters. The molecule has 0 saturated heterocycles. The second-order valence-electron chi connectivity index (χ2n) is 4.42. The van der Waals surface area contributed by atoms with Gasteiger partial charge in [-0.25, -0.2) is 9.59 Å². The lowest BCUT2D eigenvalue weighted by Crippen LogP contribution is -2.07. The minimum atomic E-state index is -0.900. The van der Waals surface area contributed by atoms with E-state index < -0.39 is 5.97 Å². The second-order valence-corrected chi connectivity index (χ2v) is 4.42. The van der Waals surface area contributed by atoms with Crippen LogP contribution in [0.15, 0.2) is 24.3 Å². The maximum absolute atomic E-state index is 11.1. The van der Waals surface area contributed by atoms with Crippen LogP contribution in [0.3, 0.4) is 0 Å². The van der Waals surface area contributed by atoms with Crippen LogP contribution in [0.1, 0.15) is 59.3 Å². The molecule has 0 rings (SSSR count). The smallest absolute Gasteiger partial charge is 0.333 e. The Morgan fingerprint density at radius 1 is 0.950 bits per heavy atom. The van der Waals surface area contributed by atoms with E-state index in [0.717, 1.165) is 12.8 Å². The van der Waals surface area contributed by atoms with Gasteiger partial charge in [-0.1, -0.05) is 53.2 Å². The minimum absolute atomic E-state index is 0.237. The molecule has 4 nitrogen and oxygen atoms in total. The summed E-state index contributed by atoms with van der Waals surface area (Å²) in [6, 6.07) is 0. The molecular formula is C16H28O4. The number of esters is 1. The van der Waals surface area contributed by atoms with Gasteiger partial charge in [-0.2, -0.15) is 0 Å². The molecule has 0 heterocycles. The van der Waals surface area contributed by atoms with Crippen LogP contribution in [0, 0.1) is 0 Å². The van der Waals surface area contributed by atoms with E-state index in [1.54, 1.807) is 6.92 Å². The molecule has 0 aromatic rings. The number of hydrogen-bond donors (Lipinski definition) is 1. The Morgan fingerprint density at radius 3 is 1.85 bits per heavy atom. The first-order valence-electron chi connectivity index (χ1n) is 7.16. The highest BCUT2D eigenvalue weighted by atomic mass is 16.5. The van der Waals surface area contributed by atoms with Gasteiger partial charge in [-0.15, -0.1) is 0 Å². The van der Waals surface area contributed by atoms with Gasteiger partial charge in [-0.3, -0.25) is 0 Å². The Morgan fingerprint density at radius 2 is 1.50 bits per heavy atom. The molecule has 0 aliphatic carbocycles. The van der Waals surface area contributed by atoms with Gasteiger partial charge in [0.05, 0.1) is 6.61 Å². The van der Waals surface area contributed by atoms with Crippen molar-refractivity contribution in [1.29, 1.82) is 0 Å². The van der Waals surface area contributed by atoms with Gasteiger partial charge in [0.25, 0.3) is 0 Å². The third kappa shape index (κ3) is 12.9. The average Bonchev–Trinajstić information content (AvgIpc) is 2.45. The quantitative estimate of drug-likeness (QED) is 0.393. The highest BCUT2D eigenvalue weighted by molar-refractivity contribution is 5.87. The SMILES string of the molecule is C=C(CC)C(=O)O.C=C(CC)C(=O)OCCCCCC. The van der Waals surface area contributed by atoms with Gasteiger partial charge in [0.2, 0.25) is 0 Å². The van der Waals surface area contributed by atoms with E-state index >= 15 is 0 Å². The predicted molar refractivity (Wildman–Crippen MR) is 81.6 cm³/mol. The highest BCUT2D eigenvalue weighted by Gasteiger charge is 2.04. The molecule has 0 spiro atoms. The van der Waals surface area contributed by atoms with Crippen LogP contribution in [-0.4, -0.2) is 23.7 Å². The van der Waals surface area contributed by atoms with Crippen LogP contribution in [0.5, 0.6) is 0 Å². The number of unbranched alkanes of at least 4 members (excludes halogenated alkanes) is 3. The Bertz CT molecular complexity index is 318. The molecule has 0 aliphatic rings. The number of ether oxygens (including phenoxy) is 1. The summed E-state index contributed by atoms with van der Waals surface area (Å²) in [7, 11) is 0. The lowest BCUT2D eigenvalue weighted by atomic mass is 10.2. The number of carboxylic acids is 1. The molecule has 116 valence electrons. The van der Waals surface area contributed by atoms with Gasteiger partial charge >= 0.3 is 11.9 Å². The zero-order valence-electron chi connectivity index (χ0n) is 13.0. The molecule has 4 heteroatoms. The monoisotopic (exact) mass is 284 g/mol. The summed E-state index contributed by atoms with van der Waals surface area (Å²) in [6.07, 6.45) is 5.73. The van der Waals surface area contributed by atoms with Crippen molar-refractivity contribution in [3.05, 3.63) is 24.3 Å². The standard InChI is InChI=1S/C11H20O2.C5H8O2/c1-4-6-7-8-9-13-11(12)10(3)5-2;1-3-4(2)5(6)7/h3-9H2,1-2H3;2-3H2,1H3,(H,6,7). The number of hydrogen-bond acceptors (Lipinski definition) is 3. The van der Waals surface area contributed by atoms with Crippen LogP contribution < -0.4 is 0 Å². The van der Waals surface area contributed by atoms with Crippen LogP contribution >= 0.6 is 0 Å². The zero-order valence-corrected chi connectivity index (χ0v) is 13.0. The normalized spacial score (nSPS) is 9.15. The number of aliphatic carboxylic acids is 1. The first kappa shape index (κ1) is 20.7. The summed E-state index contributed by atoms with van der Waals surface area (Å²) in [5, 5.41) is 8.08. The molecule has 0 bridgehead atoms. The van der Waals surface area contributed by atoms with Crippen molar-refractivity contribution in [3.63, 3.8) is 0 Å². The second kappa shape index (κ2) is 13.8. The summed E-state index contributed by atoms with van der Waals surface area (Å²) in [4.78, 5) is 20.9. The summed E-state index contributed by atoms with van der Waals surface area (Å²) in [5.41, 5.74) is 0.829. The minimum Gasteiger partial charge on any atom is -0.478 e. The molecule has 0 amide bonds. The van der Waals surface area contributed by atoms with Crippen molar-refractivity contribution in [3.8, 4) is 0 Å². The van der Waals surface area contributed by atoms with Crippen LogP contribution in [-0.2, 0) is 14.3 Å². The van der Waals surface area contributed by atoms with Crippen molar-refractivity contribution >= 4 is 11.9 Å². The number of carbonyl (C=O) groups excluding carboxylic acids is 1. The number of carbonyl (C=O) groups is 2. The fourth-order valence-electron chi connectivity index (χ4n) is 1.09. The van der Waals surface area contributed by atoms with Crippen LogP contribution in [0.25, 0.3) is 0 Å². The summed E-state index contributed by atoms with van der Waals surface area (Å²) in [6.45, 7) is 13.2. The maximum atomic E-state index is 11.1. The van der Waals surface area contributed by atoms with E-state index in [4.69, 9.17) is 9.84 Å².